The highest BCUT2D eigenvalue weighted by molar-refractivity contribution is 7.89. The number of benzene rings is 2. The van der Waals surface area contributed by atoms with Crippen LogP contribution in [0, 0.1) is 13.8 Å². The van der Waals surface area contributed by atoms with Crippen LogP contribution in [0.15, 0.2) is 47.4 Å². The molecule has 2 aromatic rings. The zero-order valence-corrected chi connectivity index (χ0v) is 16.7. The van der Waals surface area contributed by atoms with E-state index < -0.39 is 10.0 Å². The molecule has 0 aliphatic carbocycles. The number of rotatable bonds is 9. The number of carbonyl (C=O) groups excluding carboxylic acids is 1. The predicted molar refractivity (Wildman–Crippen MR) is 105 cm³/mol. The van der Waals surface area contributed by atoms with E-state index in [1.807, 2.05) is 44.2 Å². The van der Waals surface area contributed by atoms with E-state index in [0.717, 1.165) is 17.5 Å². The SMILES string of the molecule is CCc1ccccc1OCC(=O)NCCNS(=O)(=O)c1cc(C)ccc1C. The number of hydrogen-bond acceptors (Lipinski definition) is 4. The van der Waals surface area contributed by atoms with E-state index in [-0.39, 0.29) is 30.5 Å². The number of hydrogen-bond donors (Lipinski definition) is 2. The van der Waals surface area contributed by atoms with E-state index in [1.165, 1.54) is 0 Å². The molecule has 1 amide bonds. The average molecular weight is 391 g/mol. The molecule has 0 aliphatic rings. The van der Waals surface area contributed by atoms with Crippen LogP contribution in [0.2, 0.25) is 0 Å². The first-order valence-electron chi connectivity index (χ1n) is 8.88. The minimum atomic E-state index is -3.61. The highest BCUT2D eigenvalue weighted by Crippen LogP contribution is 2.18. The summed E-state index contributed by atoms with van der Waals surface area (Å²) in [6.07, 6.45) is 0.817. The van der Waals surface area contributed by atoms with Gasteiger partial charge in [0.2, 0.25) is 10.0 Å². The van der Waals surface area contributed by atoms with E-state index in [0.29, 0.717) is 11.3 Å². The molecule has 0 saturated carbocycles. The molecule has 0 heterocycles. The Hall–Kier alpha value is -2.38. The van der Waals surface area contributed by atoms with Gasteiger partial charge in [0.05, 0.1) is 4.90 Å². The lowest BCUT2D eigenvalue weighted by Crippen LogP contribution is -2.37. The van der Waals surface area contributed by atoms with Crippen LogP contribution < -0.4 is 14.8 Å². The summed E-state index contributed by atoms with van der Waals surface area (Å²) in [7, 11) is -3.61. The maximum atomic E-state index is 12.4. The van der Waals surface area contributed by atoms with Crippen LogP contribution in [0.3, 0.4) is 0 Å². The van der Waals surface area contributed by atoms with Crippen LogP contribution in [0.4, 0.5) is 0 Å². The Bertz CT molecular complexity index is 895. The molecule has 0 saturated heterocycles. The average Bonchev–Trinajstić information content (AvgIpc) is 2.65. The molecule has 6 nitrogen and oxygen atoms in total. The van der Waals surface area contributed by atoms with Gasteiger partial charge in [0.25, 0.3) is 5.91 Å². The molecule has 7 heteroatoms. The second kappa shape index (κ2) is 9.53. The topological polar surface area (TPSA) is 84.5 Å². The van der Waals surface area contributed by atoms with Gasteiger partial charge in [-0.05, 0) is 49.1 Å². The fraction of sp³-hybridized carbons (Fsp3) is 0.350. The molecule has 2 aromatic carbocycles. The number of para-hydroxylation sites is 1. The fourth-order valence-corrected chi connectivity index (χ4v) is 3.95. The lowest BCUT2D eigenvalue weighted by Gasteiger charge is -2.12. The summed E-state index contributed by atoms with van der Waals surface area (Å²) in [5, 5.41) is 2.65. The molecule has 0 fully saturated rings. The number of carbonyl (C=O) groups is 1. The predicted octanol–water partition coefficient (Wildman–Crippen LogP) is 2.34. The van der Waals surface area contributed by atoms with Gasteiger partial charge < -0.3 is 10.1 Å². The first kappa shape index (κ1) is 20.9. The van der Waals surface area contributed by atoms with Crippen molar-refractivity contribution in [3.63, 3.8) is 0 Å². The highest BCUT2D eigenvalue weighted by Gasteiger charge is 2.16. The summed E-state index contributed by atoms with van der Waals surface area (Å²) in [5.41, 5.74) is 2.59. The van der Waals surface area contributed by atoms with Crippen molar-refractivity contribution in [1.82, 2.24) is 10.0 Å². The Morgan fingerprint density at radius 3 is 2.56 bits per heavy atom. The smallest absolute Gasteiger partial charge is 0.257 e. The van der Waals surface area contributed by atoms with Crippen LogP contribution in [-0.2, 0) is 21.2 Å². The van der Waals surface area contributed by atoms with Gasteiger partial charge in [-0.2, -0.15) is 0 Å². The number of nitrogens with one attached hydrogen (secondary N) is 2. The zero-order chi connectivity index (χ0) is 19.9. The van der Waals surface area contributed by atoms with Gasteiger partial charge in [-0.1, -0.05) is 37.3 Å². The third-order valence-corrected chi connectivity index (χ3v) is 5.69. The molecular formula is C20H26N2O4S. The molecule has 0 unspecified atom stereocenters. The Morgan fingerprint density at radius 2 is 1.81 bits per heavy atom. The normalized spacial score (nSPS) is 11.2. The van der Waals surface area contributed by atoms with Gasteiger partial charge in [-0.15, -0.1) is 0 Å². The molecule has 0 aromatic heterocycles. The maximum absolute atomic E-state index is 12.4. The number of amides is 1. The Kier molecular flexibility index (Phi) is 7.38. The number of sulfonamides is 1. The van der Waals surface area contributed by atoms with Gasteiger partial charge in [-0.25, -0.2) is 13.1 Å². The van der Waals surface area contributed by atoms with Gasteiger partial charge in [0, 0.05) is 13.1 Å². The van der Waals surface area contributed by atoms with Crippen molar-refractivity contribution in [2.45, 2.75) is 32.1 Å². The molecule has 0 spiro atoms. The van der Waals surface area contributed by atoms with Crippen LogP contribution in [0.25, 0.3) is 0 Å². The van der Waals surface area contributed by atoms with Crippen molar-refractivity contribution in [2.75, 3.05) is 19.7 Å². The summed E-state index contributed by atoms with van der Waals surface area (Å²) in [6, 6.07) is 12.8. The Morgan fingerprint density at radius 1 is 1.07 bits per heavy atom. The molecule has 0 radical (unpaired) electrons. The Balaban J connectivity index is 1.79. The van der Waals surface area contributed by atoms with Gasteiger partial charge in [0.1, 0.15) is 5.75 Å². The van der Waals surface area contributed by atoms with Crippen molar-refractivity contribution in [3.8, 4) is 5.75 Å². The van der Waals surface area contributed by atoms with E-state index >= 15 is 0 Å². The van der Waals surface area contributed by atoms with E-state index in [2.05, 4.69) is 10.0 Å². The first-order valence-corrected chi connectivity index (χ1v) is 10.4. The third-order valence-electron chi connectivity index (χ3n) is 4.08. The number of ether oxygens (including phenoxy) is 1. The summed E-state index contributed by atoms with van der Waals surface area (Å²) in [4.78, 5) is 12.2. The Labute approximate surface area is 161 Å². The van der Waals surface area contributed by atoms with Crippen LogP contribution in [-0.4, -0.2) is 34.0 Å². The lowest BCUT2D eigenvalue weighted by molar-refractivity contribution is -0.123. The van der Waals surface area contributed by atoms with Crippen molar-refractivity contribution in [1.29, 1.82) is 0 Å². The maximum Gasteiger partial charge on any atom is 0.257 e. The summed E-state index contributed by atoms with van der Waals surface area (Å²) in [5.74, 6) is 0.387. The van der Waals surface area contributed by atoms with Crippen LogP contribution >= 0.6 is 0 Å². The molecule has 0 bridgehead atoms. The van der Waals surface area contributed by atoms with E-state index in [4.69, 9.17) is 4.74 Å². The van der Waals surface area contributed by atoms with Crippen molar-refractivity contribution >= 4 is 15.9 Å². The molecule has 27 heavy (non-hydrogen) atoms. The first-order chi connectivity index (χ1) is 12.8. The minimum Gasteiger partial charge on any atom is -0.483 e. The molecule has 2 N–H and O–H groups in total. The van der Waals surface area contributed by atoms with Gasteiger partial charge >= 0.3 is 0 Å². The van der Waals surface area contributed by atoms with E-state index in [1.54, 1.807) is 19.1 Å². The monoisotopic (exact) mass is 390 g/mol. The van der Waals surface area contributed by atoms with Crippen molar-refractivity contribution in [3.05, 3.63) is 59.2 Å². The van der Waals surface area contributed by atoms with Crippen molar-refractivity contribution < 1.29 is 17.9 Å². The molecule has 0 aliphatic heterocycles. The van der Waals surface area contributed by atoms with Gasteiger partial charge in [0.15, 0.2) is 6.61 Å². The molecule has 146 valence electrons. The van der Waals surface area contributed by atoms with E-state index in [9.17, 15) is 13.2 Å². The molecule has 2 rings (SSSR count). The molecular weight excluding hydrogens is 364 g/mol. The van der Waals surface area contributed by atoms with Crippen molar-refractivity contribution in [2.24, 2.45) is 0 Å². The summed E-state index contributed by atoms with van der Waals surface area (Å²) in [6.45, 7) is 5.79. The second-order valence-electron chi connectivity index (χ2n) is 6.27. The molecule has 0 atom stereocenters. The lowest BCUT2D eigenvalue weighted by atomic mass is 10.1. The fourth-order valence-electron chi connectivity index (χ4n) is 2.59. The summed E-state index contributed by atoms with van der Waals surface area (Å²) < 4.78 is 32.8. The zero-order valence-electron chi connectivity index (χ0n) is 15.9. The van der Waals surface area contributed by atoms with Crippen LogP contribution in [0.5, 0.6) is 5.75 Å². The largest absolute Gasteiger partial charge is 0.483 e. The van der Waals surface area contributed by atoms with Gasteiger partial charge in [-0.3, -0.25) is 4.79 Å². The number of aryl methyl sites for hydroxylation is 3. The van der Waals surface area contributed by atoms with Crippen LogP contribution in [0.1, 0.15) is 23.6 Å². The standard InChI is InChI=1S/C20H26N2O4S/c1-4-17-7-5-6-8-18(17)26-14-20(23)21-11-12-22-27(24,25)19-13-15(2)9-10-16(19)3/h5-10,13,22H,4,11-12,14H2,1-3H3,(H,21,23). The highest BCUT2D eigenvalue weighted by atomic mass is 32.2. The quantitative estimate of drug-likeness (QED) is 0.644. The minimum absolute atomic E-state index is 0.104. The third kappa shape index (κ3) is 6.08. The summed E-state index contributed by atoms with van der Waals surface area (Å²) >= 11 is 0. The second-order valence-corrected chi connectivity index (χ2v) is 8.00.